The average Bonchev–Trinajstić information content (AvgIpc) is 2.68. The van der Waals surface area contributed by atoms with Crippen LogP contribution in [-0.4, -0.2) is 60.4 Å². The number of phenolic OH excluding ortho intramolecular Hbond substituents is 1. The number of aryl methyl sites for hydroxylation is 1. The van der Waals surface area contributed by atoms with Gasteiger partial charge < -0.3 is 30.3 Å². The summed E-state index contributed by atoms with van der Waals surface area (Å²) >= 11 is 0. The van der Waals surface area contributed by atoms with Crippen molar-refractivity contribution < 1.29 is 34.1 Å². The number of aromatic hydroxyl groups is 1. The molecule has 0 aliphatic rings. The highest BCUT2D eigenvalue weighted by Crippen LogP contribution is 2.26. The van der Waals surface area contributed by atoms with Crippen molar-refractivity contribution >= 4 is 17.8 Å². The second-order valence-corrected chi connectivity index (χ2v) is 6.61. The molecule has 9 nitrogen and oxygen atoms in total. The summed E-state index contributed by atoms with van der Waals surface area (Å²) in [5.41, 5.74) is 0.886. The van der Waals surface area contributed by atoms with Crippen LogP contribution in [0, 0.1) is 0 Å². The standard InChI is InChI=1S/C20H30N2O7/c1-4-10-29-20(27)13(2)22-19(26)15(12-18(24)25)21-9-5-6-14-7-8-17(28-3)16(23)11-14/h7-8,11,13,15,21,23H,4-6,9-10,12H2,1-3H3,(H,22,26)(H,24,25)/t13-,15-/m1/s1. The number of phenols is 1. The molecule has 1 aromatic rings. The Kier molecular flexibility index (Phi) is 10.5. The number of hydrogen-bond acceptors (Lipinski definition) is 7. The van der Waals surface area contributed by atoms with Crippen molar-refractivity contribution in [2.75, 3.05) is 20.3 Å². The van der Waals surface area contributed by atoms with E-state index < -0.39 is 36.4 Å². The van der Waals surface area contributed by atoms with Crippen molar-refractivity contribution in [1.82, 2.24) is 10.6 Å². The van der Waals surface area contributed by atoms with E-state index in [1.807, 2.05) is 13.0 Å². The van der Waals surface area contributed by atoms with E-state index in [1.165, 1.54) is 14.0 Å². The lowest BCUT2D eigenvalue weighted by molar-refractivity contribution is -0.147. The molecule has 0 saturated heterocycles. The summed E-state index contributed by atoms with van der Waals surface area (Å²) in [7, 11) is 1.47. The van der Waals surface area contributed by atoms with Gasteiger partial charge in [-0.2, -0.15) is 0 Å². The van der Waals surface area contributed by atoms with Crippen LogP contribution >= 0.6 is 0 Å². The van der Waals surface area contributed by atoms with Gasteiger partial charge in [-0.25, -0.2) is 4.79 Å². The van der Waals surface area contributed by atoms with Crippen LogP contribution in [0.5, 0.6) is 11.5 Å². The third-order valence-electron chi connectivity index (χ3n) is 4.13. The predicted octanol–water partition coefficient (Wildman–Crippen LogP) is 1.22. The maximum Gasteiger partial charge on any atom is 0.328 e. The van der Waals surface area contributed by atoms with Crippen LogP contribution in [-0.2, 0) is 25.5 Å². The van der Waals surface area contributed by atoms with Gasteiger partial charge in [0, 0.05) is 0 Å². The summed E-state index contributed by atoms with van der Waals surface area (Å²) < 4.78 is 9.96. The molecule has 0 unspecified atom stereocenters. The van der Waals surface area contributed by atoms with Gasteiger partial charge in [0.2, 0.25) is 5.91 Å². The van der Waals surface area contributed by atoms with Gasteiger partial charge in [0.05, 0.1) is 26.2 Å². The molecule has 0 radical (unpaired) electrons. The molecule has 0 saturated carbocycles. The Morgan fingerprint density at radius 2 is 1.97 bits per heavy atom. The highest BCUT2D eigenvalue weighted by Gasteiger charge is 2.25. The van der Waals surface area contributed by atoms with E-state index in [-0.39, 0.29) is 12.4 Å². The summed E-state index contributed by atoms with van der Waals surface area (Å²) in [5, 5.41) is 24.2. The first-order chi connectivity index (χ1) is 13.8. The van der Waals surface area contributed by atoms with Gasteiger partial charge in [0.15, 0.2) is 11.5 Å². The van der Waals surface area contributed by atoms with Crippen molar-refractivity contribution in [3.8, 4) is 11.5 Å². The van der Waals surface area contributed by atoms with Gasteiger partial charge in [-0.1, -0.05) is 13.0 Å². The van der Waals surface area contributed by atoms with E-state index in [4.69, 9.17) is 14.6 Å². The minimum atomic E-state index is -1.13. The van der Waals surface area contributed by atoms with Crippen LogP contribution < -0.4 is 15.4 Å². The molecule has 0 bridgehead atoms. The Morgan fingerprint density at radius 1 is 1.24 bits per heavy atom. The van der Waals surface area contributed by atoms with E-state index in [0.717, 1.165) is 5.56 Å². The molecule has 0 heterocycles. The summed E-state index contributed by atoms with van der Waals surface area (Å²) in [6, 6.07) is 3.25. The molecule has 0 spiro atoms. The number of carbonyl (C=O) groups excluding carboxylic acids is 2. The minimum Gasteiger partial charge on any atom is -0.504 e. The van der Waals surface area contributed by atoms with Gasteiger partial charge in [0.1, 0.15) is 6.04 Å². The fourth-order valence-corrected chi connectivity index (χ4v) is 2.59. The Morgan fingerprint density at radius 3 is 2.55 bits per heavy atom. The Labute approximate surface area is 170 Å². The van der Waals surface area contributed by atoms with Crippen molar-refractivity contribution in [2.45, 2.75) is 51.6 Å². The zero-order chi connectivity index (χ0) is 21.8. The normalized spacial score (nSPS) is 12.7. The van der Waals surface area contributed by atoms with E-state index >= 15 is 0 Å². The van der Waals surface area contributed by atoms with E-state index in [9.17, 15) is 19.5 Å². The molecule has 1 amide bonds. The molecule has 0 fully saturated rings. The number of ether oxygens (including phenoxy) is 2. The number of rotatable bonds is 13. The highest BCUT2D eigenvalue weighted by atomic mass is 16.5. The number of aliphatic carboxylic acids is 1. The van der Waals surface area contributed by atoms with Crippen LogP contribution in [0.1, 0.15) is 38.7 Å². The van der Waals surface area contributed by atoms with Gasteiger partial charge in [0.25, 0.3) is 0 Å². The lowest BCUT2D eigenvalue weighted by atomic mass is 10.1. The first kappa shape index (κ1) is 24.2. The fourth-order valence-electron chi connectivity index (χ4n) is 2.59. The topological polar surface area (TPSA) is 134 Å². The third-order valence-corrected chi connectivity index (χ3v) is 4.13. The predicted molar refractivity (Wildman–Crippen MR) is 106 cm³/mol. The molecule has 162 valence electrons. The lowest BCUT2D eigenvalue weighted by Gasteiger charge is -2.19. The Hall–Kier alpha value is -2.81. The lowest BCUT2D eigenvalue weighted by Crippen LogP contribution is -2.50. The molecular weight excluding hydrogens is 380 g/mol. The molecule has 0 aliphatic heterocycles. The number of esters is 1. The van der Waals surface area contributed by atoms with Gasteiger partial charge >= 0.3 is 11.9 Å². The van der Waals surface area contributed by atoms with Gasteiger partial charge in [-0.05, 0) is 50.4 Å². The maximum atomic E-state index is 12.4. The van der Waals surface area contributed by atoms with E-state index in [2.05, 4.69) is 10.6 Å². The molecule has 0 aromatic heterocycles. The number of carboxylic acids is 1. The average molecular weight is 410 g/mol. The number of carbonyl (C=O) groups is 3. The van der Waals surface area contributed by atoms with Crippen LogP contribution in [0.3, 0.4) is 0 Å². The van der Waals surface area contributed by atoms with E-state index in [0.29, 0.717) is 31.6 Å². The number of benzene rings is 1. The molecular formula is C20H30N2O7. The number of nitrogens with one attached hydrogen (secondary N) is 2. The van der Waals surface area contributed by atoms with Crippen LogP contribution in [0.15, 0.2) is 18.2 Å². The first-order valence-electron chi connectivity index (χ1n) is 9.56. The molecule has 1 rings (SSSR count). The first-order valence-corrected chi connectivity index (χ1v) is 9.56. The molecule has 0 aliphatic carbocycles. The summed E-state index contributed by atoms with van der Waals surface area (Å²) in [5.74, 6) is -1.83. The van der Waals surface area contributed by atoms with Crippen molar-refractivity contribution in [2.24, 2.45) is 0 Å². The quantitative estimate of drug-likeness (QED) is 0.282. The van der Waals surface area contributed by atoms with Crippen molar-refractivity contribution in [1.29, 1.82) is 0 Å². The molecule has 29 heavy (non-hydrogen) atoms. The second kappa shape index (κ2) is 12.6. The molecule has 2 atom stereocenters. The van der Waals surface area contributed by atoms with E-state index in [1.54, 1.807) is 12.1 Å². The number of amides is 1. The summed E-state index contributed by atoms with van der Waals surface area (Å²) in [4.78, 5) is 35.2. The van der Waals surface area contributed by atoms with Crippen LogP contribution in [0.25, 0.3) is 0 Å². The van der Waals surface area contributed by atoms with Crippen molar-refractivity contribution in [3.05, 3.63) is 23.8 Å². The highest BCUT2D eigenvalue weighted by molar-refractivity contribution is 5.89. The largest absolute Gasteiger partial charge is 0.504 e. The zero-order valence-corrected chi connectivity index (χ0v) is 17.1. The summed E-state index contributed by atoms with van der Waals surface area (Å²) in [6.07, 6.45) is 1.49. The molecule has 9 heteroatoms. The van der Waals surface area contributed by atoms with Crippen LogP contribution in [0.2, 0.25) is 0 Å². The molecule has 4 N–H and O–H groups in total. The molecule has 1 aromatic carbocycles. The minimum absolute atomic E-state index is 0.0463. The maximum absolute atomic E-state index is 12.4. The fraction of sp³-hybridized carbons (Fsp3) is 0.550. The zero-order valence-electron chi connectivity index (χ0n) is 17.1. The van der Waals surface area contributed by atoms with Crippen LogP contribution in [0.4, 0.5) is 0 Å². The van der Waals surface area contributed by atoms with Crippen molar-refractivity contribution in [3.63, 3.8) is 0 Å². The number of carboxylic acid groups (broad SMARTS) is 1. The van der Waals surface area contributed by atoms with Gasteiger partial charge in [-0.3, -0.25) is 9.59 Å². The summed E-state index contributed by atoms with van der Waals surface area (Å²) in [6.45, 7) is 3.99. The smallest absolute Gasteiger partial charge is 0.328 e. The monoisotopic (exact) mass is 410 g/mol. The third kappa shape index (κ3) is 8.82. The Balaban J connectivity index is 2.53. The number of hydrogen-bond donors (Lipinski definition) is 4. The number of methoxy groups -OCH3 is 1. The second-order valence-electron chi connectivity index (χ2n) is 6.61. The Bertz CT molecular complexity index is 693. The van der Waals surface area contributed by atoms with Gasteiger partial charge in [-0.15, -0.1) is 0 Å². The SMILES string of the molecule is CCCOC(=O)[C@@H](C)NC(=O)[C@@H](CC(=O)O)NCCCc1ccc(OC)c(O)c1.